The van der Waals surface area contributed by atoms with Crippen LogP contribution in [0.3, 0.4) is 0 Å². The van der Waals surface area contributed by atoms with Gasteiger partial charge in [0.2, 0.25) is 0 Å². The van der Waals surface area contributed by atoms with Gasteiger partial charge in [0.25, 0.3) is 0 Å². The maximum Gasteiger partial charge on any atom is 0.0247 e. The minimum Gasteiger partial charge on any atom is -0.326 e. The lowest BCUT2D eigenvalue weighted by atomic mass is 9.71. The Kier molecular flexibility index (Phi) is 3.45. The quantitative estimate of drug-likeness (QED) is 0.758. The van der Waals surface area contributed by atoms with Crippen LogP contribution in [-0.2, 0) is 0 Å². The monoisotopic (exact) mass is 236 g/mol. The molecule has 0 aromatic rings. The van der Waals surface area contributed by atoms with Gasteiger partial charge in [0, 0.05) is 25.2 Å². The lowest BCUT2D eigenvalue weighted by Crippen LogP contribution is -2.63. The minimum absolute atomic E-state index is 0.465. The predicted molar refractivity (Wildman–Crippen MR) is 71.9 cm³/mol. The number of nitrogens with two attached hydrogens (primary N) is 1. The highest BCUT2D eigenvalue weighted by Crippen LogP contribution is 2.44. The molecule has 2 atom stereocenters. The molecule has 0 bridgehead atoms. The second kappa shape index (κ2) is 4.89. The Bertz CT molecular complexity index is 248. The van der Waals surface area contributed by atoms with E-state index >= 15 is 0 Å². The summed E-state index contributed by atoms with van der Waals surface area (Å²) < 4.78 is 0. The highest BCUT2D eigenvalue weighted by Gasteiger charge is 2.46. The molecule has 2 N–H and O–H groups in total. The van der Waals surface area contributed by atoms with Crippen LogP contribution >= 0.6 is 0 Å². The molecule has 1 heterocycles. The molecule has 1 spiro atoms. The Balaban J connectivity index is 1.55. The molecule has 1 saturated heterocycles. The van der Waals surface area contributed by atoms with E-state index in [-0.39, 0.29) is 0 Å². The van der Waals surface area contributed by atoms with Crippen molar-refractivity contribution in [3.8, 4) is 0 Å². The van der Waals surface area contributed by atoms with Crippen LogP contribution in [0.15, 0.2) is 0 Å². The van der Waals surface area contributed by atoms with Crippen molar-refractivity contribution in [2.75, 3.05) is 13.1 Å². The van der Waals surface area contributed by atoms with E-state index in [2.05, 4.69) is 4.90 Å². The molecule has 0 radical (unpaired) electrons. The molecular weight excluding hydrogens is 208 g/mol. The molecule has 2 heteroatoms. The average molecular weight is 236 g/mol. The van der Waals surface area contributed by atoms with Gasteiger partial charge in [-0.3, -0.25) is 4.90 Å². The smallest absolute Gasteiger partial charge is 0.0247 e. The van der Waals surface area contributed by atoms with Crippen LogP contribution in [0.25, 0.3) is 0 Å². The molecule has 17 heavy (non-hydrogen) atoms. The number of rotatable bonds is 1. The second-order valence-electron chi connectivity index (χ2n) is 6.83. The zero-order valence-electron chi connectivity index (χ0n) is 11.2. The molecule has 3 fully saturated rings. The first kappa shape index (κ1) is 12.0. The molecule has 98 valence electrons. The molecular formula is C15H28N2. The predicted octanol–water partition coefficient (Wildman–Crippen LogP) is 2.91. The van der Waals surface area contributed by atoms with E-state index in [4.69, 9.17) is 5.73 Å². The molecule has 0 aromatic carbocycles. The van der Waals surface area contributed by atoms with E-state index < -0.39 is 0 Å². The minimum atomic E-state index is 0.465. The summed E-state index contributed by atoms with van der Waals surface area (Å²) in [5.41, 5.74) is 7.01. The lowest BCUT2D eigenvalue weighted by molar-refractivity contribution is -0.0555. The topological polar surface area (TPSA) is 29.3 Å². The molecule has 0 amide bonds. The largest absolute Gasteiger partial charge is 0.326 e. The normalized spacial score (nSPS) is 38.6. The average Bonchev–Trinajstić information content (AvgIpc) is 2.53. The van der Waals surface area contributed by atoms with Crippen molar-refractivity contribution in [1.82, 2.24) is 4.90 Å². The van der Waals surface area contributed by atoms with Crippen molar-refractivity contribution < 1.29 is 0 Å². The zero-order valence-corrected chi connectivity index (χ0v) is 11.2. The molecule has 2 nitrogen and oxygen atoms in total. The van der Waals surface area contributed by atoms with Gasteiger partial charge in [0.15, 0.2) is 0 Å². The fraction of sp³-hybridized carbons (Fsp3) is 1.00. The number of nitrogens with zero attached hydrogens (tertiary/aromatic N) is 1. The van der Waals surface area contributed by atoms with E-state index in [0.29, 0.717) is 11.5 Å². The highest BCUT2D eigenvalue weighted by molar-refractivity contribution is 5.01. The van der Waals surface area contributed by atoms with Crippen molar-refractivity contribution in [1.29, 1.82) is 0 Å². The Morgan fingerprint density at radius 1 is 0.824 bits per heavy atom. The molecule has 2 aliphatic carbocycles. The van der Waals surface area contributed by atoms with Gasteiger partial charge in [-0.05, 0) is 31.1 Å². The van der Waals surface area contributed by atoms with E-state index in [1.807, 2.05) is 0 Å². The molecule has 2 saturated carbocycles. The van der Waals surface area contributed by atoms with Crippen molar-refractivity contribution in [2.24, 2.45) is 11.1 Å². The third-order valence-electron chi connectivity index (χ3n) is 5.49. The summed E-state index contributed by atoms with van der Waals surface area (Å²) in [5.74, 6) is 0. The van der Waals surface area contributed by atoms with E-state index in [1.54, 1.807) is 0 Å². The molecule has 0 unspecified atom stereocenters. The van der Waals surface area contributed by atoms with E-state index in [9.17, 15) is 0 Å². The summed E-state index contributed by atoms with van der Waals surface area (Å²) in [6.45, 7) is 2.73. The van der Waals surface area contributed by atoms with Crippen LogP contribution in [0.4, 0.5) is 0 Å². The van der Waals surface area contributed by atoms with Gasteiger partial charge in [0.05, 0.1) is 0 Å². The SMILES string of the molecule is N[C@@H]1CCCC[C@H]1N1CC2(CCCCCC2)C1. The molecule has 1 aliphatic heterocycles. The first-order valence-electron chi connectivity index (χ1n) is 7.79. The van der Waals surface area contributed by atoms with E-state index in [0.717, 1.165) is 6.04 Å². The molecule has 3 rings (SSSR count). The van der Waals surface area contributed by atoms with Crippen LogP contribution in [0.2, 0.25) is 0 Å². The maximum atomic E-state index is 6.30. The summed E-state index contributed by atoms with van der Waals surface area (Å²) in [5, 5.41) is 0. The van der Waals surface area contributed by atoms with Gasteiger partial charge >= 0.3 is 0 Å². The Morgan fingerprint density at radius 2 is 1.47 bits per heavy atom. The summed E-state index contributed by atoms with van der Waals surface area (Å²) in [4.78, 5) is 2.72. The lowest BCUT2D eigenvalue weighted by Gasteiger charge is -2.55. The number of hydrogen-bond acceptors (Lipinski definition) is 2. The van der Waals surface area contributed by atoms with Crippen LogP contribution < -0.4 is 5.73 Å². The summed E-state index contributed by atoms with van der Waals surface area (Å²) >= 11 is 0. The second-order valence-corrected chi connectivity index (χ2v) is 6.83. The standard InChI is InChI=1S/C15H28N2/c16-13-7-3-4-8-14(13)17-11-15(12-17)9-5-1-2-6-10-15/h13-14H,1-12,16H2/t13-,14-/m1/s1. The van der Waals surface area contributed by atoms with Gasteiger partial charge in [-0.25, -0.2) is 0 Å². The Morgan fingerprint density at radius 3 is 2.12 bits per heavy atom. The van der Waals surface area contributed by atoms with Gasteiger partial charge < -0.3 is 5.73 Å². The van der Waals surface area contributed by atoms with Gasteiger partial charge in [-0.15, -0.1) is 0 Å². The van der Waals surface area contributed by atoms with Crippen LogP contribution in [-0.4, -0.2) is 30.1 Å². The summed E-state index contributed by atoms with van der Waals surface area (Å²) in [6.07, 6.45) is 14.3. The highest BCUT2D eigenvalue weighted by atomic mass is 15.2. The summed E-state index contributed by atoms with van der Waals surface area (Å²) in [7, 11) is 0. The third-order valence-corrected chi connectivity index (χ3v) is 5.49. The van der Waals surface area contributed by atoms with Crippen LogP contribution in [0, 0.1) is 5.41 Å². The molecule has 3 aliphatic rings. The maximum absolute atomic E-state index is 6.30. The van der Waals surface area contributed by atoms with Gasteiger partial charge in [-0.1, -0.05) is 38.5 Å². The third kappa shape index (κ3) is 2.39. The van der Waals surface area contributed by atoms with Crippen LogP contribution in [0.1, 0.15) is 64.2 Å². The zero-order chi connectivity index (χ0) is 11.7. The number of likely N-dealkylation sites (tertiary alicyclic amines) is 1. The van der Waals surface area contributed by atoms with Crippen molar-refractivity contribution in [3.05, 3.63) is 0 Å². The molecule has 0 aromatic heterocycles. The van der Waals surface area contributed by atoms with E-state index in [1.165, 1.54) is 77.3 Å². The van der Waals surface area contributed by atoms with Gasteiger partial charge in [0.1, 0.15) is 0 Å². The fourth-order valence-electron chi connectivity index (χ4n) is 4.44. The van der Waals surface area contributed by atoms with Gasteiger partial charge in [-0.2, -0.15) is 0 Å². The van der Waals surface area contributed by atoms with Crippen molar-refractivity contribution >= 4 is 0 Å². The Hall–Kier alpha value is -0.0800. The first-order chi connectivity index (χ1) is 8.29. The van der Waals surface area contributed by atoms with Crippen molar-refractivity contribution in [3.63, 3.8) is 0 Å². The van der Waals surface area contributed by atoms with Crippen molar-refractivity contribution in [2.45, 2.75) is 76.3 Å². The summed E-state index contributed by atoms with van der Waals surface area (Å²) in [6, 6.07) is 1.18. The van der Waals surface area contributed by atoms with Crippen LogP contribution in [0.5, 0.6) is 0 Å². The number of hydrogen-bond donors (Lipinski definition) is 1. The fourth-order valence-corrected chi connectivity index (χ4v) is 4.44. The Labute approximate surface area is 106 Å². The first-order valence-corrected chi connectivity index (χ1v) is 7.79.